The van der Waals surface area contributed by atoms with E-state index in [9.17, 15) is 13.2 Å². The Balaban J connectivity index is 2.17. The third-order valence-electron chi connectivity index (χ3n) is 1.77. The zero-order valence-electron chi connectivity index (χ0n) is 7.90. The van der Waals surface area contributed by atoms with Crippen LogP contribution < -0.4 is 4.74 Å². The Labute approximate surface area is 89.1 Å². The van der Waals surface area contributed by atoms with E-state index in [4.69, 9.17) is 0 Å². The largest absolute Gasteiger partial charge is 0.573 e. The molecule has 0 spiro atoms. The Morgan fingerprint density at radius 2 is 1.88 bits per heavy atom. The molecule has 1 aromatic carbocycles. The van der Waals surface area contributed by atoms with Gasteiger partial charge in [-0.05, 0) is 30.3 Å². The van der Waals surface area contributed by atoms with Crippen LogP contribution in [0, 0.1) is 6.20 Å². The number of hydrogen-bond acceptors (Lipinski definition) is 2. The number of alkyl halides is 3. The predicted molar refractivity (Wildman–Crippen MR) is 49.1 cm³/mol. The quantitative estimate of drug-likeness (QED) is 0.788. The lowest BCUT2D eigenvalue weighted by atomic mass is 10.3. The second-order valence-electron chi connectivity index (χ2n) is 2.91. The van der Waals surface area contributed by atoms with E-state index < -0.39 is 6.36 Å². The van der Waals surface area contributed by atoms with Crippen molar-refractivity contribution < 1.29 is 17.9 Å². The molecule has 1 heterocycles. The molecule has 0 aliphatic rings. The SMILES string of the molecule is FC(F)(F)Oc1ccc(-n2[c]ccn2)cc1. The van der Waals surface area contributed by atoms with Gasteiger partial charge in [-0.25, -0.2) is 4.68 Å². The first-order chi connectivity index (χ1) is 7.54. The molecule has 83 valence electrons. The summed E-state index contributed by atoms with van der Waals surface area (Å²) in [6.45, 7) is 0. The highest BCUT2D eigenvalue weighted by molar-refractivity contribution is 5.36. The summed E-state index contributed by atoms with van der Waals surface area (Å²) >= 11 is 0. The van der Waals surface area contributed by atoms with Crippen molar-refractivity contribution in [3.05, 3.63) is 42.7 Å². The molecule has 2 aromatic rings. The molecule has 1 aromatic heterocycles. The van der Waals surface area contributed by atoms with E-state index in [-0.39, 0.29) is 5.75 Å². The van der Waals surface area contributed by atoms with E-state index in [1.54, 1.807) is 6.07 Å². The Morgan fingerprint density at radius 3 is 2.38 bits per heavy atom. The molecule has 2 rings (SSSR count). The molecular formula is C10H6F3N2O. The van der Waals surface area contributed by atoms with Gasteiger partial charge in [-0.1, -0.05) is 0 Å². The minimum Gasteiger partial charge on any atom is -0.406 e. The van der Waals surface area contributed by atoms with Crippen LogP contribution in [0.25, 0.3) is 5.69 Å². The molecule has 0 unspecified atom stereocenters. The van der Waals surface area contributed by atoms with Crippen molar-refractivity contribution >= 4 is 0 Å². The molecule has 16 heavy (non-hydrogen) atoms. The van der Waals surface area contributed by atoms with E-state index in [1.807, 2.05) is 0 Å². The van der Waals surface area contributed by atoms with Gasteiger partial charge in [0.2, 0.25) is 0 Å². The maximum atomic E-state index is 11.9. The summed E-state index contributed by atoms with van der Waals surface area (Å²) in [5.74, 6) is -0.261. The third kappa shape index (κ3) is 2.53. The van der Waals surface area contributed by atoms with E-state index >= 15 is 0 Å². The molecule has 0 bridgehead atoms. The van der Waals surface area contributed by atoms with Gasteiger partial charge in [0, 0.05) is 0 Å². The standard InChI is InChI=1S/C10H6F3N2O/c11-10(12,13)16-9-4-2-8(3-5-9)15-7-1-6-14-15/h1-6H. The lowest BCUT2D eigenvalue weighted by molar-refractivity contribution is -0.274. The number of nitrogens with zero attached hydrogens (tertiary/aromatic N) is 2. The fraction of sp³-hybridized carbons (Fsp3) is 0.100. The van der Waals surface area contributed by atoms with E-state index in [1.165, 1.54) is 35.1 Å². The molecule has 0 saturated carbocycles. The van der Waals surface area contributed by atoms with Gasteiger partial charge in [-0.3, -0.25) is 0 Å². The normalized spacial score (nSPS) is 11.4. The maximum absolute atomic E-state index is 11.9. The number of rotatable bonds is 2. The van der Waals surface area contributed by atoms with Crippen molar-refractivity contribution in [2.24, 2.45) is 0 Å². The molecule has 1 radical (unpaired) electrons. The Bertz CT molecular complexity index is 448. The van der Waals surface area contributed by atoms with Crippen LogP contribution in [0.15, 0.2) is 36.5 Å². The van der Waals surface area contributed by atoms with Crippen LogP contribution in [0.3, 0.4) is 0 Å². The predicted octanol–water partition coefficient (Wildman–Crippen LogP) is 2.57. The highest BCUT2D eigenvalue weighted by Gasteiger charge is 2.30. The van der Waals surface area contributed by atoms with E-state index in [2.05, 4.69) is 16.0 Å². The molecule has 0 amide bonds. The number of halogens is 3. The average Bonchev–Trinajstić information content (AvgIpc) is 2.69. The van der Waals surface area contributed by atoms with Crippen molar-refractivity contribution in [2.45, 2.75) is 6.36 Å². The summed E-state index contributed by atoms with van der Waals surface area (Å²) in [5.41, 5.74) is 0.611. The summed E-state index contributed by atoms with van der Waals surface area (Å²) in [6, 6.07) is 6.96. The molecule has 6 heteroatoms. The van der Waals surface area contributed by atoms with Crippen molar-refractivity contribution in [1.82, 2.24) is 9.78 Å². The summed E-state index contributed by atoms with van der Waals surface area (Å²) in [4.78, 5) is 0. The van der Waals surface area contributed by atoms with Crippen LogP contribution >= 0.6 is 0 Å². The summed E-state index contributed by atoms with van der Waals surface area (Å²) in [5, 5.41) is 3.89. The summed E-state index contributed by atoms with van der Waals surface area (Å²) in [6.07, 6.45) is -0.376. The molecule has 0 N–H and O–H groups in total. The number of ether oxygens (including phenoxy) is 1. The fourth-order valence-corrected chi connectivity index (χ4v) is 1.17. The first kappa shape index (κ1) is 10.5. The second-order valence-corrected chi connectivity index (χ2v) is 2.91. The van der Waals surface area contributed by atoms with Crippen LogP contribution in [-0.4, -0.2) is 16.1 Å². The van der Waals surface area contributed by atoms with Crippen LogP contribution in [-0.2, 0) is 0 Å². The highest BCUT2D eigenvalue weighted by Crippen LogP contribution is 2.23. The highest BCUT2D eigenvalue weighted by atomic mass is 19.4. The summed E-state index contributed by atoms with van der Waals surface area (Å²) in [7, 11) is 0. The van der Waals surface area contributed by atoms with E-state index in [0.29, 0.717) is 5.69 Å². The monoisotopic (exact) mass is 227 g/mol. The van der Waals surface area contributed by atoms with Gasteiger partial charge >= 0.3 is 6.36 Å². The number of hydrogen-bond donors (Lipinski definition) is 0. The average molecular weight is 227 g/mol. The van der Waals surface area contributed by atoms with Crippen molar-refractivity contribution in [3.63, 3.8) is 0 Å². The van der Waals surface area contributed by atoms with Crippen molar-refractivity contribution in [1.29, 1.82) is 0 Å². The van der Waals surface area contributed by atoms with Gasteiger partial charge in [-0.2, -0.15) is 5.10 Å². The molecule has 0 aliphatic carbocycles. The molecule has 0 aliphatic heterocycles. The van der Waals surface area contributed by atoms with Crippen LogP contribution in [0.2, 0.25) is 0 Å². The Morgan fingerprint density at radius 1 is 1.19 bits per heavy atom. The molecule has 0 saturated heterocycles. The number of aromatic nitrogens is 2. The first-order valence-electron chi connectivity index (χ1n) is 4.32. The number of benzene rings is 1. The van der Waals surface area contributed by atoms with Gasteiger partial charge in [0.25, 0.3) is 0 Å². The topological polar surface area (TPSA) is 27.1 Å². The van der Waals surface area contributed by atoms with Gasteiger partial charge < -0.3 is 4.74 Å². The molecular weight excluding hydrogens is 221 g/mol. The van der Waals surface area contributed by atoms with Crippen LogP contribution in [0.1, 0.15) is 0 Å². The lowest BCUT2D eigenvalue weighted by Crippen LogP contribution is -2.17. The fourth-order valence-electron chi connectivity index (χ4n) is 1.17. The first-order valence-corrected chi connectivity index (χ1v) is 4.32. The Kier molecular flexibility index (Phi) is 2.55. The van der Waals surface area contributed by atoms with E-state index in [0.717, 1.165) is 0 Å². The minimum absolute atomic E-state index is 0.261. The third-order valence-corrected chi connectivity index (χ3v) is 1.77. The van der Waals surface area contributed by atoms with Gasteiger partial charge in [-0.15, -0.1) is 13.2 Å². The van der Waals surface area contributed by atoms with Gasteiger partial charge in [0.05, 0.1) is 18.1 Å². The minimum atomic E-state index is -4.67. The summed E-state index contributed by atoms with van der Waals surface area (Å²) < 4.78 is 40.8. The van der Waals surface area contributed by atoms with Gasteiger partial charge in [0.15, 0.2) is 0 Å². The maximum Gasteiger partial charge on any atom is 0.573 e. The van der Waals surface area contributed by atoms with Crippen molar-refractivity contribution in [2.75, 3.05) is 0 Å². The van der Waals surface area contributed by atoms with Crippen LogP contribution in [0.4, 0.5) is 13.2 Å². The van der Waals surface area contributed by atoms with Crippen molar-refractivity contribution in [3.8, 4) is 11.4 Å². The molecule has 0 fully saturated rings. The van der Waals surface area contributed by atoms with Gasteiger partial charge in [0.1, 0.15) is 5.75 Å². The molecule has 3 nitrogen and oxygen atoms in total. The van der Waals surface area contributed by atoms with Crippen LogP contribution in [0.5, 0.6) is 5.75 Å². The Hall–Kier alpha value is -1.98. The zero-order chi connectivity index (χ0) is 11.6. The smallest absolute Gasteiger partial charge is 0.406 e. The molecule has 0 atom stereocenters. The second kappa shape index (κ2) is 3.88. The lowest BCUT2D eigenvalue weighted by Gasteiger charge is -2.09. The zero-order valence-corrected chi connectivity index (χ0v) is 7.90.